The van der Waals surface area contributed by atoms with Gasteiger partial charge in [0.1, 0.15) is 5.82 Å². The molecule has 30 heavy (non-hydrogen) atoms. The van der Waals surface area contributed by atoms with Gasteiger partial charge in [-0.3, -0.25) is 9.52 Å². The Balaban J connectivity index is 1.40. The quantitative estimate of drug-likeness (QED) is 0.686. The minimum atomic E-state index is -3.80. The molecule has 2 saturated carbocycles. The third-order valence-electron chi connectivity index (χ3n) is 6.27. The van der Waals surface area contributed by atoms with E-state index in [9.17, 15) is 17.6 Å². The standard InChI is InChI=1S/C23H27FN2O3S/c24-19-8-12-21(13-9-19)30(28,29)26-20-10-6-18(7-11-20)23(14-15-23)22(27)25-16-17-4-2-1-3-5-17/h6-13,17,26H,1-5,14-16H2,(H,25,27). The van der Waals surface area contributed by atoms with E-state index in [0.717, 1.165) is 37.1 Å². The highest BCUT2D eigenvalue weighted by atomic mass is 32.2. The van der Waals surface area contributed by atoms with Gasteiger partial charge in [-0.15, -0.1) is 0 Å². The molecule has 0 bridgehead atoms. The van der Waals surface area contributed by atoms with Gasteiger partial charge in [-0.2, -0.15) is 0 Å². The smallest absolute Gasteiger partial charge is 0.261 e. The molecule has 0 spiro atoms. The van der Waals surface area contributed by atoms with Gasteiger partial charge in [-0.1, -0.05) is 31.4 Å². The minimum absolute atomic E-state index is 0.00581. The summed E-state index contributed by atoms with van der Waals surface area (Å²) in [7, 11) is -3.80. The minimum Gasteiger partial charge on any atom is -0.355 e. The van der Waals surface area contributed by atoms with Crippen LogP contribution < -0.4 is 10.0 Å². The van der Waals surface area contributed by atoms with Crippen LogP contribution in [0, 0.1) is 11.7 Å². The number of anilines is 1. The highest BCUT2D eigenvalue weighted by molar-refractivity contribution is 7.92. The number of rotatable bonds is 7. The first kappa shape index (κ1) is 20.8. The summed E-state index contributed by atoms with van der Waals surface area (Å²) in [5, 5.41) is 3.15. The second kappa shape index (κ2) is 8.38. The molecule has 2 aliphatic rings. The van der Waals surface area contributed by atoms with Crippen molar-refractivity contribution in [2.45, 2.75) is 55.3 Å². The van der Waals surface area contributed by atoms with Crippen molar-refractivity contribution in [3.05, 3.63) is 59.9 Å². The molecule has 1 amide bonds. The van der Waals surface area contributed by atoms with Crippen LogP contribution in [-0.4, -0.2) is 20.9 Å². The lowest BCUT2D eigenvalue weighted by Gasteiger charge is -2.23. The van der Waals surface area contributed by atoms with Crippen molar-refractivity contribution in [3.63, 3.8) is 0 Å². The molecular formula is C23H27FN2O3S. The third-order valence-corrected chi connectivity index (χ3v) is 7.67. The lowest BCUT2D eigenvalue weighted by Crippen LogP contribution is -2.38. The van der Waals surface area contributed by atoms with Crippen LogP contribution in [-0.2, 0) is 20.2 Å². The number of carbonyl (C=O) groups excluding carboxylic acids is 1. The number of nitrogens with one attached hydrogen (secondary N) is 2. The Hall–Kier alpha value is -2.41. The predicted molar refractivity (Wildman–Crippen MR) is 114 cm³/mol. The summed E-state index contributed by atoms with van der Waals surface area (Å²) >= 11 is 0. The Labute approximate surface area is 177 Å². The normalized spacial score (nSPS) is 18.6. The van der Waals surface area contributed by atoms with E-state index in [1.54, 1.807) is 12.1 Å². The zero-order chi connectivity index (χ0) is 21.2. The van der Waals surface area contributed by atoms with Crippen LogP contribution in [0.25, 0.3) is 0 Å². The van der Waals surface area contributed by atoms with E-state index >= 15 is 0 Å². The Morgan fingerprint density at radius 2 is 1.60 bits per heavy atom. The summed E-state index contributed by atoms with van der Waals surface area (Å²) in [6.45, 7) is 0.746. The maximum absolute atomic E-state index is 13.0. The van der Waals surface area contributed by atoms with Gasteiger partial charge >= 0.3 is 0 Å². The molecule has 2 N–H and O–H groups in total. The molecule has 0 heterocycles. The Bertz CT molecular complexity index is 994. The van der Waals surface area contributed by atoms with Gasteiger partial charge in [-0.25, -0.2) is 12.8 Å². The van der Waals surface area contributed by atoms with Crippen molar-refractivity contribution in [2.75, 3.05) is 11.3 Å². The summed E-state index contributed by atoms with van der Waals surface area (Å²) in [4.78, 5) is 12.8. The number of benzene rings is 2. The van der Waals surface area contributed by atoms with Gasteiger partial charge in [0.15, 0.2) is 0 Å². The van der Waals surface area contributed by atoms with Crippen molar-refractivity contribution < 1.29 is 17.6 Å². The second-order valence-electron chi connectivity index (χ2n) is 8.43. The van der Waals surface area contributed by atoms with Gasteiger partial charge in [0.2, 0.25) is 5.91 Å². The van der Waals surface area contributed by atoms with E-state index in [1.165, 1.54) is 44.2 Å². The van der Waals surface area contributed by atoms with Crippen LogP contribution in [0.3, 0.4) is 0 Å². The van der Waals surface area contributed by atoms with Gasteiger partial charge in [0.05, 0.1) is 10.3 Å². The first-order valence-electron chi connectivity index (χ1n) is 10.6. The predicted octanol–water partition coefficient (Wildman–Crippen LogP) is 4.35. The lowest BCUT2D eigenvalue weighted by molar-refractivity contribution is -0.123. The van der Waals surface area contributed by atoms with Gasteiger partial charge in [0.25, 0.3) is 10.0 Å². The van der Waals surface area contributed by atoms with Crippen LogP contribution in [0.4, 0.5) is 10.1 Å². The molecule has 0 aliphatic heterocycles. The Kier molecular flexibility index (Phi) is 5.82. The number of hydrogen-bond donors (Lipinski definition) is 2. The fraction of sp³-hybridized carbons (Fsp3) is 0.435. The van der Waals surface area contributed by atoms with Gasteiger partial charge in [-0.05, 0) is 73.6 Å². The molecule has 2 aromatic rings. The molecular weight excluding hydrogens is 403 g/mol. The van der Waals surface area contributed by atoms with Crippen LogP contribution >= 0.6 is 0 Å². The van der Waals surface area contributed by atoms with Crippen LogP contribution in [0.2, 0.25) is 0 Å². The molecule has 0 radical (unpaired) electrons. The average molecular weight is 431 g/mol. The van der Waals surface area contributed by atoms with Crippen LogP contribution in [0.1, 0.15) is 50.5 Å². The molecule has 7 heteroatoms. The fourth-order valence-electron chi connectivity index (χ4n) is 4.25. The monoisotopic (exact) mass is 430 g/mol. The molecule has 4 rings (SSSR count). The zero-order valence-corrected chi connectivity index (χ0v) is 17.7. The average Bonchev–Trinajstić information content (AvgIpc) is 3.55. The van der Waals surface area contributed by atoms with Gasteiger partial charge < -0.3 is 5.32 Å². The molecule has 2 aliphatic carbocycles. The molecule has 2 fully saturated rings. The summed E-state index contributed by atoms with van der Waals surface area (Å²) in [6.07, 6.45) is 7.80. The zero-order valence-electron chi connectivity index (χ0n) is 16.9. The summed E-state index contributed by atoms with van der Waals surface area (Å²) < 4.78 is 40.4. The summed E-state index contributed by atoms with van der Waals surface area (Å²) in [5.74, 6) is 0.171. The molecule has 5 nitrogen and oxygen atoms in total. The molecule has 160 valence electrons. The topological polar surface area (TPSA) is 75.3 Å². The van der Waals surface area contributed by atoms with Crippen molar-refractivity contribution in [2.24, 2.45) is 5.92 Å². The lowest BCUT2D eigenvalue weighted by atomic mass is 9.88. The molecule has 0 saturated heterocycles. The van der Waals surface area contributed by atoms with Crippen molar-refractivity contribution in [1.29, 1.82) is 0 Å². The van der Waals surface area contributed by atoms with E-state index in [-0.39, 0.29) is 10.8 Å². The SMILES string of the molecule is O=C(NCC1CCCCC1)C1(c2ccc(NS(=O)(=O)c3ccc(F)cc3)cc2)CC1. The number of hydrogen-bond acceptors (Lipinski definition) is 3. The van der Waals surface area contributed by atoms with Crippen LogP contribution in [0.5, 0.6) is 0 Å². The number of sulfonamides is 1. The highest BCUT2D eigenvalue weighted by Crippen LogP contribution is 2.48. The number of amides is 1. The van der Waals surface area contributed by atoms with Crippen molar-refractivity contribution in [3.8, 4) is 0 Å². The molecule has 0 unspecified atom stereocenters. The van der Waals surface area contributed by atoms with E-state index in [2.05, 4.69) is 10.0 Å². The molecule has 0 aromatic heterocycles. The molecule has 0 atom stereocenters. The van der Waals surface area contributed by atoms with E-state index in [1.807, 2.05) is 12.1 Å². The van der Waals surface area contributed by atoms with E-state index in [0.29, 0.717) is 11.6 Å². The van der Waals surface area contributed by atoms with Crippen LogP contribution in [0.15, 0.2) is 53.4 Å². The van der Waals surface area contributed by atoms with Gasteiger partial charge in [0, 0.05) is 12.2 Å². The number of carbonyl (C=O) groups is 1. The van der Waals surface area contributed by atoms with E-state index < -0.39 is 21.3 Å². The molecule has 2 aromatic carbocycles. The maximum atomic E-state index is 13.0. The van der Waals surface area contributed by atoms with Crippen molar-refractivity contribution >= 4 is 21.6 Å². The first-order valence-corrected chi connectivity index (χ1v) is 12.0. The number of halogens is 1. The summed E-state index contributed by atoms with van der Waals surface area (Å²) in [5.41, 5.74) is 0.832. The Morgan fingerprint density at radius 3 is 2.20 bits per heavy atom. The Morgan fingerprint density at radius 1 is 0.967 bits per heavy atom. The van der Waals surface area contributed by atoms with E-state index in [4.69, 9.17) is 0 Å². The second-order valence-corrected chi connectivity index (χ2v) is 10.1. The highest BCUT2D eigenvalue weighted by Gasteiger charge is 2.51. The summed E-state index contributed by atoms with van der Waals surface area (Å²) in [6, 6.07) is 11.6. The third kappa shape index (κ3) is 4.51. The fourth-order valence-corrected chi connectivity index (χ4v) is 5.31. The van der Waals surface area contributed by atoms with Crippen molar-refractivity contribution in [1.82, 2.24) is 5.32 Å². The first-order chi connectivity index (χ1) is 14.4. The maximum Gasteiger partial charge on any atom is 0.261 e. The largest absolute Gasteiger partial charge is 0.355 e.